The number of rotatable bonds is 7. The van der Waals surface area contributed by atoms with E-state index in [1.54, 1.807) is 7.05 Å². The number of amides is 3. The van der Waals surface area contributed by atoms with Gasteiger partial charge in [0, 0.05) is 33.0 Å². The van der Waals surface area contributed by atoms with E-state index in [9.17, 15) is 14.4 Å². The van der Waals surface area contributed by atoms with Crippen molar-refractivity contribution in [2.24, 2.45) is 15.2 Å². The summed E-state index contributed by atoms with van der Waals surface area (Å²) < 4.78 is 5.88. The molecule has 0 aromatic heterocycles. The Labute approximate surface area is 215 Å². The van der Waals surface area contributed by atoms with Gasteiger partial charge in [-0.1, -0.05) is 36.4 Å². The molecule has 3 amide bonds. The van der Waals surface area contributed by atoms with E-state index in [4.69, 9.17) is 4.74 Å². The SMILES string of the molecule is CN1C(=O)[C@@H](NC(=O)C2=NC(Cc3ccccc3)N=N2)COc2ccc(CCC(=O)N3CCCC3)cc21. The minimum absolute atomic E-state index is 0.0213. The Morgan fingerprint density at radius 3 is 2.65 bits per heavy atom. The van der Waals surface area contributed by atoms with Crippen LogP contribution in [0.2, 0.25) is 0 Å². The lowest BCUT2D eigenvalue weighted by atomic mass is 10.1. The van der Waals surface area contributed by atoms with Crippen molar-refractivity contribution in [3.8, 4) is 5.75 Å². The molecule has 1 unspecified atom stereocenters. The smallest absolute Gasteiger partial charge is 0.291 e. The topological polar surface area (TPSA) is 116 Å². The van der Waals surface area contributed by atoms with Gasteiger partial charge in [-0.15, -0.1) is 5.11 Å². The van der Waals surface area contributed by atoms with Crippen molar-refractivity contribution >= 4 is 29.2 Å². The molecular weight excluding hydrogens is 472 g/mol. The fourth-order valence-electron chi connectivity index (χ4n) is 4.73. The van der Waals surface area contributed by atoms with E-state index < -0.39 is 18.1 Å². The molecule has 1 fully saturated rings. The number of amidine groups is 1. The zero-order valence-corrected chi connectivity index (χ0v) is 20.8. The number of carbonyl (C=O) groups excluding carboxylic acids is 3. The number of anilines is 1. The van der Waals surface area contributed by atoms with Gasteiger partial charge in [0.1, 0.15) is 18.4 Å². The Balaban J connectivity index is 1.20. The normalized spacial score (nSPS) is 20.8. The van der Waals surface area contributed by atoms with Crippen LogP contribution in [0.15, 0.2) is 63.8 Å². The van der Waals surface area contributed by atoms with Gasteiger partial charge < -0.3 is 19.9 Å². The van der Waals surface area contributed by atoms with Gasteiger partial charge in [-0.05, 0) is 42.5 Å². The van der Waals surface area contributed by atoms with Gasteiger partial charge in [0.25, 0.3) is 11.8 Å². The summed E-state index contributed by atoms with van der Waals surface area (Å²) >= 11 is 0. The lowest BCUT2D eigenvalue weighted by molar-refractivity contribution is -0.130. The van der Waals surface area contributed by atoms with Crippen LogP contribution in [-0.2, 0) is 27.2 Å². The molecule has 0 aliphatic carbocycles. The number of fused-ring (bicyclic) bond motifs is 1. The third-order valence-electron chi connectivity index (χ3n) is 6.83. The molecule has 1 saturated heterocycles. The van der Waals surface area contributed by atoms with Gasteiger partial charge in [-0.3, -0.25) is 14.4 Å². The molecule has 3 heterocycles. The number of benzene rings is 2. The Bertz CT molecular complexity index is 1240. The van der Waals surface area contributed by atoms with Crippen LogP contribution in [0.5, 0.6) is 5.75 Å². The number of aryl methyl sites for hydroxylation is 1. The van der Waals surface area contributed by atoms with Crippen LogP contribution in [0.25, 0.3) is 0 Å². The van der Waals surface area contributed by atoms with Crippen molar-refractivity contribution in [2.75, 3.05) is 31.6 Å². The van der Waals surface area contributed by atoms with Crippen molar-refractivity contribution < 1.29 is 19.1 Å². The maximum Gasteiger partial charge on any atom is 0.291 e. The monoisotopic (exact) mass is 502 g/mol. The Hall–Kier alpha value is -4.08. The van der Waals surface area contributed by atoms with Gasteiger partial charge in [0.15, 0.2) is 6.17 Å². The maximum atomic E-state index is 13.2. The zero-order valence-electron chi connectivity index (χ0n) is 20.8. The maximum absolute atomic E-state index is 13.2. The number of azo groups is 1. The molecule has 3 aliphatic heterocycles. The number of nitrogens with zero attached hydrogens (tertiary/aromatic N) is 5. The quantitative estimate of drug-likeness (QED) is 0.626. The molecule has 2 aromatic carbocycles. The summed E-state index contributed by atoms with van der Waals surface area (Å²) in [6, 6.07) is 14.4. The van der Waals surface area contributed by atoms with E-state index in [-0.39, 0.29) is 24.3 Å². The van der Waals surface area contributed by atoms with Crippen LogP contribution in [-0.4, -0.2) is 67.4 Å². The lowest BCUT2D eigenvalue weighted by Gasteiger charge is -2.20. The fourth-order valence-corrected chi connectivity index (χ4v) is 4.73. The molecular formula is C27H30N6O4. The second-order valence-electron chi connectivity index (χ2n) is 9.46. The van der Waals surface area contributed by atoms with Crippen molar-refractivity contribution in [2.45, 2.75) is 44.3 Å². The predicted molar refractivity (Wildman–Crippen MR) is 138 cm³/mol. The summed E-state index contributed by atoms with van der Waals surface area (Å²) in [4.78, 5) is 46.1. The summed E-state index contributed by atoms with van der Waals surface area (Å²) in [5.41, 5.74) is 2.60. The van der Waals surface area contributed by atoms with Crippen LogP contribution in [0.3, 0.4) is 0 Å². The van der Waals surface area contributed by atoms with E-state index in [1.807, 2.05) is 53.4 Å². The highest BCUT2D eigenvalue weighted by atomic mass is 16.5. The van der Waals surface area contributed by atoms with Crippen LogP contribution in [0, 0.1) is 0 Å². The van der Waals surface area contributed by atoms with Crippen LogP contribution in [0.1, 0.15) is 30.4 Å². The molecule has 2 aromatic rings. The third kappa shape index (κ3) is 5.68. The Kier molecular flexibility index (Phi) is 7.25. The fraction of sp³-hybridized carbons (Fsp3) is 0.407. The predicted octanol–water partition coefficient (Wildman–Crippen LogP) is 2.51. The molecule has 0 radical (unpaired) electrons. The molecule has 10 heteroatoms. The number of carbonyl (C=O) groups is 3. The van der Waals surface area contributed by atoms with Crippen molar-refractivity contribution in [1.82, 2.24) is 10.2 Å². The summed E-state index contributed by atoms with van der Waals surface area (Å²) in [6.07, 6.45) is 3.22. The summed E-state index contributed by atoms with van der Waals surface area (Å²) in [5, 5.41) is 10.7. The first-order chi connectivity index (χ1) is 18.0. The minimum Gasteiger partial charge on any atom is -0.489 e. The average molecular weight is 503 g/mol. The van der Waals surface area contributed by atoms with E-state index >= 15 is 0 Å². The largest absolute Gasteiger partial charge is 0.489 e. The van der Waals surface area contributed by atoms with Gasteiger partial charge in [0.2, 0.25) is 11.7 Å². The van der Waals surface area contributed by atoms with Crippen molar-refractivity contribution in [1.29, 1.82) is 0 Å². The molecule has 0 spiro atoms. The van der Waals surface area contributed by atoms with Gasteiger partial charge in [0.05, 0.1) is 5.69 Å². The van der Waals surface area contributed by atoms with Crippen LogP contribution >= 0.6 is 0 Å². The highest BCUT2D eigenvalue weighted by molar-refractivity contribution is 6.38. The lowest BCUT2D eigenvalue weighted by Crippen LogP contribution is -2.50. The van der Waals surface area contributed by atoms with Crippen LogP contribution < -0.4 is 15.0 Å². The van der Waals surface area contributed by atoms with Gasteiger partial charge >= 0.3 is 0 Å². The second-order valence-corrected chi connectivity index (χ2v) is 9.46. The first-order valence-electron chi connectivity index (χ1n) is 12.6. The van der Waals surface area contributed by atoms with E-state index in [2.05, 4.69) is 20.5 Å². The molecule has 2 atom stereocenters. The van der Waals surface area contributed by atoms with E-state index in [0.29, 0.717) is 30.7 Å². The number of aliphatic imine (C=N–C) groups is 1. The van der Waals surface area contributed by atoms with E-state index in [1.165, 1.54) is 4.90 Å². The number of hydrogen-bond acceptors (Lipinski definition) is 7. The highest BCUT2D eigenvalue weighted by Crippen LogP contribution is 2.32. The first-order valence-corrected chi connectivity index (χ1v) is 12.6. The average Bonchev–Trinajstić information content (AvgIpc) is 3.61. The zero-order chi connectivity index (χ0) is 25.8. The molecule has 5 rings (SSSR count). The molecule has 37 heavy (non-hydrogen) atoms. The number of likely N-dealkylation sites (tertiary alicyclic amines) is 1. The number of likely N-dealkylation sites (N-methyl/N-ethyl adjacent to an activating group) is 1. The standard InChI is InChI=1S/C27H30N6O4/c1-32-21-15-19(10-12-24(34)33-13-5-6-14-33)9-11-22(21)37-17-20(27(32)36)28-26(35)25-29-23(30-31-25)16-18-7-3-2-4-8-18/h2-4,7-9,11,15,20,23H,5-6,10,12-14,16-17H2,1H3,(H,28,35)/t20-,23?/m0/s1. The summed E-state index contributed by atoms with van der Waals surface area (Å²) in [6.45, 7) is 1.65. The molecule has 192 valence electrons. The Morgan fingerprint density at radius 1 is 1.08 bits per heavy atom. The summed E-state index contributed by atoms with van der Waals surface area (Å²) in [7, 11) is 1.65. The highest BCUT2D eigenvalue weighted by Gasteiger charge is 2.32. The second kappa shape index (κ2) is 10.9. The van der Waals surface area contributed by atoms with Crippen molar-refractivity contribution in [3.05, 3.63) is 59.7 Å². The molecule has 0 bridgehead atoms. The number of ether oxygens (including phenoxy) is 1. The van der Waals surface area contributed by atoms with Gasteiger partial charge in [-0.25, -0.2) is 4.99 Å². The molecule has 1 N–H and O–H groups in total. The minimum atomic E-state index is -0.906. The number of hydrogen-bond donors (Lipinski definition) is 1. The Morgan fingerprint density at radius 2 is 1.86 bits per heavy atom. The third-order valence-corrected chi connectivity index (χ3v) is 6.83. The molecule has 0 saturated carbocycles. The van der Waals surface area contributed by atoms with Crippen LogP contribution in [0.4, 0.5) is 5.69 Å². The first kappa shape index (κ1) is 24.6. The number of nitrogens with one attached hydrogen (secondary N) is 1. The molecule has 10 nitrogen and oxygen atoms in total. The van der Waals surface area contributed by atoms with Gasteiger partial charge in [-0.2, -0.15) is 5.11 Å². The summed E-state index contributed by atoms with van der Waals surface area (Å²) in [5.74, 6) is -0.226. The van der Waals surface area contributed by atoms with Crippen molar-refractivity contribution in [3.63, 3.8) is 0 Å². The molecule has 3 aliphatic rings. The van der Waals surface area contributed by atoms with E-state index in [0.717, 1.165) is 37.1 Å².